The van der Waals surface area contributed by atoms with Crippen molar-refractivity contribution in [3.05, 3.63) is 76.5 Å². The maximum Gasteiger partial charge on any atom is 0.329 e. The van der Waals surface area contributed by atoms with Crippen molar-refractivity contribution in [3.8, 4) is 0 Å². The third-order valence-corrected chi connectivity index (χ3v) is 5.98. The standard InChI is InChI=1S/C25H27N3O2/c1-16-6-8-18(9-7-16)15-28-23(29)21(26-24(28)30)13-19-10-11-22-20(12-19)17(2)14-25(3,4)27(22)5/h6-14H,15H2,1-5H3,(H,26,30)/b21-13-. The molecule has 0 atom stereocenters. The minimum Gasteiger partial charge on any atom is -0.366 e. The average Bonchev–Trinajstić information content (AvgIpc) is 2.95. The molecule has 0 radical (unpaired) electrons. The molecule has 2 aliphatic rings. The van der Waals surface area contributed by atoms with Gasteiger partial charge in [0, 0.05) is 18.3 Å². The van der Waals surface area contributed by atoms with Gasteiger partial charge in [-0.3, -0.25) is 9.69 Å². The predicted molar refractivity (Wildman–Crippen MR) is 121 cm³/mol. The number of imide groups is 1. The molecule has 2 aliphatic heterocycles. The summed E-state index contributed by atoms with van der Waals surface area (Å²) in [7, 11) is 2.09. The molecular formula is C25H27N3O2. The molecule has 0 aromatic heterocycles. The van der Waals surface area contributed by atoms with Crippen molar-refractivity contribution in [1.29, 1.82) is 0 Å². The van der Waals surface area contributed by atoms with E-state index in [0.29, 0.717) is 5.70 Å². The minimum atomic E-state index is -0.387. The summed E-state index contributed by atoms with van der Waals surface area (Å²) in [5.74, 6) is -0.302. The van der Waals surface area contributed by atoms with Gasteiger partial charge >= 0.3 is 6.03 Å². The monoisotopic (exact) mass is 401 g/mol. The van der Waals surface area contributed by atoms with Gasteiger partial charge in [-0.25, -0.2) is 4.79 Å². The fourth-order valence-electron chi connectivity index (χ4n) is 4.02. The number of hydrogen-bond acceptors (Lipinski definition) is 3. The molecule has 2 aromatic carbocycles. The summed E-state index contributed by atoms with van der Waals surface area (Å²) < 4.78 is 0. The molecule has 0 aliphatic carbocycles. The molecule has 1 fully saturated rings. The maximum absolute atomic E-state index is 12.8. The van der Waals surface area contributed by atoms with Crippen LogP contribution in [0.4, 0.5) is 10.5 Å². The molecule has 2 aromatic rings. The number of aryl methyl sites for hydroxylation is 1. The Morgan fingerprint density at radius 1 is 1.03 bits per heavy atom. The van der Waals surface area contributed by atoms with E-state index in [2.05, 4.69) is 56.2 Å². The number of carbonyl (C=O) groups is 2. The lowest BCUT2D eigenvalue weighted by Crippen LogP contribution is -2.42. The van der Waals surface area contributed by atoms with E-state index >= 15 is 0 Å². The van der Waals surface area contributed by atoms with Crippen LogP contribution in [0.3, 0.4) is 0 Å². The molecule has 2 heterocycles. The van der Waals surface area contributed by atoms with Gasteiger partial charge in [-0.1, -0.05) is 42.0 Å². The Hall–Kier alpha value is -3.34. The van der Waals surface area contributed by atoms with Crippen LogP contribution >= 0.6 is 0 Å². The van der Waals surface area contributed by atoms with Crippen molar-refractivity contribution in [3.63, 3.8) is 0 Å². The van der Waals surface area contributed by atoms with Gasteiger partial charge in [0.25, 0.3) is 5.91 Å². The predicted octanol–water partition coefficient (Wildman–Crippen LogP) is 4.72. The zero-order chi connectivity index (χ0) is 21.6. The fraction of sp³-hybridized carbons (Fsp3) is 0.280. The number of amides is 3. The van der Waals surface area contributed by atoms with E-state index in [1.54, 1.807) is 6.08 Å². The smallest absolute Gasteiger partial charge is 0.329 e. The van der Waals surface area contributed by atoms with Crippen molar-refractivity contribution < 1.29 is 9.59 Å². The first kappa shape index (κ1) is 20.0. The highest BCUT2D eigenvalue weighted by molar-refractivity contribution is 6.14. The molecule has 3 amide bonds. The zero-order valence-electron chi connectivity index (χ0n) is 18.1. The van der Waals surface area contributed by atoms with Gasteiger partial charge in [0.15, 0.2) is 0 Å². The number of allylic oxidation sites excluding steroid dienone is 1. The van der Waals surface area contributed by atoms with E-state index < -0.39 is 0 Å². The highest BCUT2D eigenvalue weighted by atomic mass is 16.2. The highest BCUT2D eigenvalue weighted by Crippen LogP contribution is 2.38. The summed E-state index contributed by atoms with van der Waals surface area (Å²) in [4.78, 5) is 28.7. The third kappa shape index (κ3) is 3.52. The molecule has 0 spiro atoms. The van der Waals surface area contributed by atoms with Gasteiger partial charge in [-0.15, -0.1) is 0 Å². The topological polar surface area (TPSA) is 52.7 Å². The van der Waals surface area contributed by atoms with Gasteiger partial charge < -0.3 is 10.2 Å². The lowest BCUT2D eigenvalue weighted by molar-refractivity contribution is -0.123. The fourth-order valence-corrected chi connectivity index (χ4v) is 4.02. The number of rotatable bonds is 3. The average molecular weight is 402 g/mol. The number of fused-ring (bicyclic) bond motifs is 1. The first-order valence-electron chi connectivity index (χ1n) is 10.1. The van der Waals surface area contributed by atoms with Crippen LogP contribution in [0.5, 0.6) is 0 Å². The van der Waals surface area contributed by atoms with Crippen molar-refractivity contribution in [2.45, 2.75) is 39.8 Å². The largest absolute Gasteiger partial charge is 0.366 e. The molecule has 5 nitrogen and oxygen atoms in total. The van der Waals surface area contributed by atoms with E-state index in [-0.39, 0.29) is 24.0 Å². The van der Waals surface area contributed by atoms with Crippen molar-refractivity contribution in [1.82, 2.24) is 10.2 Å². The number of nitrogens with zero attached hydrogens (tertiary/aromatic N) is 2. The van der Waals surface area contributed by atoms with Crippen molar-refractivity contribution in [2.24, 2.45) is 0 Å². The molecule has 1 saturated heterocycles. The SMILES string of the molecule is CC1=CC(C)(C)N(C)c2ccc(/C=C3\NC(=O)N(Cc4ccc(C)cc4)C3=O)cc21. The molecule has 154 valence electrons. The van der Waals surface area contributed by atoms with E-state index in [1.165, 1.54) is 10.5 Å². The summed E-state index contributed by atoms with van der Waals surface area (Å²) in [6, 6.07) is 13.6. The summed E-state index contributed by atoms with van der Waals surface area (Å²) in [6.45, 7) is 8.74. The van der Waals surface area contributed by atoms with E-state index in [1.807, 2.05) is 37.3 Å². The first-order valence-corrected chi connectivity index (χ1v) is 10.1. The second-order valence-corrected chi connectivity index (χ2v) is 8.68. The van der Waals surface area contributed by atoms with E-state index in [9.17, 15) is 9.59 Å². The van der Waals surface area contributed by atoms with Crippen LogP contribution in [-0.4, -0.2) is 29.4 Å². The number of urea groups is 1. The lowest BCUT2D eigenvalue weighted by Gasteiger charge is -2.40. The van der Waals surface area contributed by atoms with Gasteiger partial charge in [-0.05, 0) is 62.6 Å². The number of nitrogens with one attached hydrogen (secondary N) is 1. The summed E-state index contributed by atoms with van der Waals surface area (Å²) in [5, 5.41) is 2.72. The Labute approximate surface area is 177 Å². The molecule has 1 N–H and O–H groups in total. The third-order valence-electron chi connectivity index (χ3n) is 5.98. The van der Waals surface area contributed by atoms with Gasteiger partial charge in [0.05, 0.1) is 12.1 Å². The molecule has 30 heavy (non-hydrogen) atoms. The van der Waals surface area contributed by atoms with Crippen molar-refractivity contribution in [2.75, 3.05) is 11.9 Å². The number of hydrogen-bond donors (Lipinski definition) is 1. The molecule has 0 bridgehead atoms. The Morgan fingerprint density at radius 3 is 2.43 bits per heavy atom. The Bertz CT molecular complexity index is 1090. The van der Waals surface area contributed by atoms with Crippen LogP contribution in [0.1, 0.15) is 43.0 Å². The molecule has 5 heteroatoms. The summed E-state index contributed by atoms with van der Waals surface area (Å²) >= 11 is 0. The highest BCUT2D eigenvalue weighted by Gasteiger charge is 2.34. The van der Waals surface area contributed by atoms with E-state index in [4.69, 9.17) is 0 Å². The lowest BCUT2D eigenvalue weighted by atomic mass is 9.88. The van der Waals surface area contributed by atoms with E-state index in [0.717, 1.165) is 27.9 Å². The molecular weight excluding hydrogens is 374 g/mol. The Morgan fingerprint density at radius 2 is 1.73 bits per heavy atom. The van der Waals surface area contributed by atoms with Crippen LogP contribution < -0.4 is 10.2 Å². The number of likely N-dealkylation sites (N-methyl/N-ethyl adjacent to an activating group) is 1. The van der Waals surface area contributed by atoms with Crippen LogP contribution in [-0.2, 0) is 11.3 Å². The van der Waals surface area contributed by atoms with Gasteiger partial charge in [0.2, 0.25) is 0 Å². The maximum atomic E-state index is 12.8. The minimum absolute atomic E-state index is 0.0526. The molecule has 0 unspecified atom stereocenters. The molecule has 0 saturated carbocycles. The van der Waals surface area contributed by atoms with Crippen LogP contribution in [0.2, 0.25) is 0 Å². The summed E-state index contributed by atoms with van der Waals surface area (Å²) in [5.41, 5.74) is 6.70. The second-order valence-electron chi connectivity index (χ2n) is 8.68. The Balaban J connectivity index is 1.60. The number of anilines is 1. The van der Waals surface area contributed by atoms with Crippen LogP contribution in [0.25, 0.3) is 11.6 Å². The normalized spacial score (nSPS) is 19.1. The number of benzene rings is 2. The van der Waals surface area contributed by atoms with Crippen LogP contribution in [0.15, 0.2) is 54.2 Å². The number of carbonyl (C=O) groups excluding carboxylic acids is 2. The summed E-state index contributed by atoms with van der Waals surface area (Å²) in [6.07, 6.45) is 4.00. The molecule has 4 rings (SSSR count). The van der Waals surface area contributed by atoms with Gasteiger partial charge in [-0.2, -0.15) is 0 Å². The first-order chi connectivity index (χ1) is 14.2. The Kier molecular flexibility index (Phi) is 4.77. The van der Waals surface area contributed by atoms with Crippen molar-refractivity contribution >= 4 is 29.3 Å². The van der Waals surface area contributed by atoms with Gasteiger partial charge in [0.1, 0.15) is 5.70 Å². The van der Waals surface area contributed by atoms with Crippen LogP contribution in [0, 0.1) is 6.92 Å². The second kappa shape index (κ2) is 7.17. The quantitative estimate of drug-likeness (QED) is 0.598. The zero-order valence-corrected chi connectivity index (χ0v) is 18.1.